The molecule has 0 saturated heterocycles. The van der Waals surface area contributed by atoms with Crippen molar-refractivity contribution in [1.82, 2.24) is 4.98 Å². The van der Waals surface area contributed by atoms with Gasteiger partial charge in [-0.25, -0.2) is 13.2 Å². The van der Waals surface area contributed by atoms with Gasteiger partial charge >= 0.3 is 0 Å². The number of aromatic nitrogens is 1. The second kappa shape index (κ2) is 4.55. The van der Waals surface area contributed by atoms with Gasteiger partial charge < -0.3 is 5.73 Å². The molecule has 2 rings (SSSR count). The van der Waals surface area contributed by atoms with Crippen LogP contribution in [0.5, 0.6) is 0 Å². The minimum absolute atomic E-state index is 0.0302. The smallest absolute Gasteiger partial charge is 0.163 e. The molecule has 1 aromatic heterocycles. The van der Waals surface area contributed by atoms with Gasteiger partial charge in [-0.1, -0.05) is 12.1 Å². The van der Waals surface area contributed by atoms with E-state index >= 15 is 0 Å². The normalized spacial score (nSPS) is 12.5. The molecule has 1 atom stereocenters. The Balaban J connectivity index is 2.44. The summed E-state index contributed by atoms with van der Waals surface area (Å²) in [7, 11) is 0. The van der Waals surface area contributed by atoms with Crippen LogP contribution in [0.4, 0.5) is 13.2 Å². The molecule has 2 nitrogen and oxygen atoms in total. The second-order valence-electron chi connectivity index (χ2n) is 3.56. The van der Waals surface area contributed by atoms with Gasteiger partial charge in [0.1, 0.15) is 5.82 Å². The van der Waals surface area contributed by atoms with Crippen molar-refractivity contribution in [2.45, 2.75) is 6.04 Å². The van der Waals surface area contributed by atoms with Crippen LogP contribution in [0.2, 0.25) is 0 Å². The highest BCUT2D eigenvalue weighted by Crippen LogP contribution is 2.23. The van der Waals surface area contributed by atoms with Crippen molar-refractivity contribution in [3.63, 3.8) is 0 Å². The van der Waals surface area contributed by atoms with E-state index in [1.54, 1.807) is 0 Å². The number of nitrogens with zero attached hydrogens (tertiary/aromatic N) is 1. The number of nitrogens with two attached hydrogens (primary N) is 1. The lowest BCUT2D eigenvalue weighted by atomic mass is 10.0. The third kappa shape index (κ3) is 2.29. The van der Waals surface area contributed by atoms with E-state index in [1.807, 2.05) is 0 Å². The van der Waals surface area contributed by atoms with Gasteiger partial charge in [0.15, 0.2) is 11.6 Å². The molecular formula is C12H9F3N2. The van der Waals surface area contributed by atoms with Gasteiger partial charge in [0.2, 0.25) is 0 Å². The van der Waals surface area contributed by atoms with Gasteiger partial charge in [-0.15, -0.1) is 0 Å². The molecule has 0 spiro atoms. The standard InChI is InChI=1S/C12H9F3N2/c13-8-4-7(5-17-6-8)12(16)9-2-1-3-10(14)11(9)15/h1-6,12H,16H2. The van der Waals surface area contributed by atoms with Gasteiger partial charge in [0.05, 0.1) is 12.2 Å². The van der Waals surface area contributed by atoms with Crippen molar-refractivity contribution >= 4 is 0 Å². The maximum absolute atomic E-state index is 13.5. The third-order valence-electron chi connectivity index (χ3n) is 2.40. The average molecular weight is 238 g/mol. The van der Waals surface area contributed by atoms with Crippen LogP contribution in [0.1, 0.15) is 17.2 Å². The first kappa shape index (κ1) is 11.6. The first-order valence-electron chi connectivity index (χ1n) is 4.89. The predicted octanol–water partition coefficient (Wildman–Crippen LogP) is 2.55. The first-order chi connectivity index (χ1) is 8.09. The Labute approximate surface area is 95.9 Å². The van der Waals surface area contributed by atoms with Gasteiger partial charge in [-0.05, 0) is 17.7 Å². The van der Waals surface area contributed by atoms with Crippen molar-refractivity contribution in [3.05, 3.63) is 65.2 Å². The molecule has 0 aliphatic rings. The minimum Gasteiger partial charge on any atom is -0.320 e. The summed E-state index contributed by atoms with van der Waals surface area (Å²) in [6, 6.07) is 3.89. The zero-order chi connectivity index (χ0) is 12.4. The first-order valence-corrected chi connectivity index (χ1v) is 4.89. The lowest BCUT2D eigenvalue weighted by Crippen LogP contribution is -2.14. The zero-order valence-electron chi connectivity index (χ0n) is 8.70. The molecule has 0 fully saturated rings. The van der Waals surface area contributed by atoms with E-state index in [1.165, 1.54) is 18.3 Å². The third-order valence-corrected chi connectivity index (χ3v) is 2.40. The van der Waals surface area contributed by atoms with Gasteiger partial charge in [-0.2, -0.15) is 0 Å². The van der Waals surface area contributed by atoms with E-state index in [0.29, 0.717) is 0 Å². The van der Waals surface area contributed by atoms with Gasteiger partial charge in [0.25, 0.3) is 0 Å². The van der Waals surface area contributed by atoms with Crippen molar-refractivity contribution in [1.29, 1.82) is 0 Å². The fraction of sp³-hybridized carbons (Fsp3) is 0.0833. The molecule has 0 bridgehead atoms. The van der Waals surface area contributed by atoms with Crippen LogP contribution in [0.25, 0.3) is 0 Å². The van der Waals surface area contributed by atoms with Crippen LogP contribution in [0.3, 0.4) is 0 Å². The molecule has 1 unspecified atom stereocenters. The molecule has 2 aromatic rings. The molecule has 1 heterocycles. The van der Waals surface area contributed by atoms with Crippen molar-refractivity contribution in [2.75, 3.05) is 0 Å². The maximum Gasteiger partial charge on any atom is 0.163 e. The van der Waals surface area contributed by atoms with Crippen molar-refractivity contribution < 1.29 is 13.2 Å². The molecule has 17 heavy (non-hydrogen) atoms. The number of halogens is 3. The molecule has 0 saturated carbocycles. The molecule has 5 heteroatoms. The molecular weight excluding hydrogens is 229 g/mol. The summed E-state index contributed by atoms with van der Waals surface area (Å²) < 4.78 is 39.4. The maximum atomic E-state index is 13.5. The molecule has 88 valence electrons. The topological polar surface area (TPSA) is 38.9 Å². The van der Waals surface area contributed by atoms with E-state index in [-0.39, 0.29) is 11.1 Å². The Morgan fingerprint density at radius 1 is 1.12 bits per heavy atom. The van der Waals surface area contributed by atoms with Crippen molar-refractivity contribution in [3.8, 4) is 0 Å². The number of pyridine rings is 1. The Bertz CT molecular complexity index is 543. The molecule has 0 amide bonds. The summed E-state index contributed by atoms with van der Waals surface area (Å²) >= 11 is 0. The number of rotatable bonds is 2. The Morgan fingerprint density at radius 3 is 2.59 bits per heavy atom. The van der Waals surface area contributed by atoms with Crippen LogP contribution in [0.15, 0.2) is 36.7 Å². The summed E-state index contributed by atoms with van der Waals surface area (Å²) in [6.07, 6.45) is 2.33. The molecule has 0 radical (unpaired) electrons. The van der Waals surface area contributed by atoms with E-state index in [2.05, 4.69) is 4.98 Å². The zero-order valence-corrected chi connectivity index (χ0v) is 8.70. The molecule has 1 aromatic carbocycles. The lowest BCUT2D eigenvalue weighted by Gasteiger charge is -2.13. The van der Waals surface area contributed by atoms with Crippen LogP contribution in [-0.2, 0) is 0 Å². The second-order valence-corrected chi connectivity index (χ2v) is 3.56. The average Bonchev–Trinajstić information content (AvgIpc) is 2.32. The summed E-state index contributed by atoms with van der Waals surface area (Å²) in [4.78, 5) is 3.61. The summed E-state index contributed by atoms with van der Waals surface area (Å²) in [6.45, 7) is 0. The van der Waals surface area contributed by atoms with E-state index in [0.717, 1.165) is 18.3 Å². The number of hydrogen-bond donors (Lipinski definition) is 1. The van der Waals surface area contributed by atoms with Crippen LogP contribution >= 0.6 is 0 Å². The Kier molecular flexibility index (Phi) is 3.10. The Hall–Kier alpha value is -1.88. The van der Waals surface area contributed by atoms with Crippen LogP contribution in [-0.4, -0.2) is 4.98 Å². The largest absolute Gasteiger partial charge is 0.320 e. The van der Waals surface area contributed by atoms with Gasteiger partial charge in [0, 0.05) is 11.8 Å². The minimum atomic E-state index is -1.02. The van der Waals surface area contributed by atoms with Crippen LogP contribution in [0, 0.1) is 17.5 Å². The predicted molar refractivity (Wildman–Crippen MR) is 56.6 cm³/mol. The van der Waals surface area contributed by atoms with Gasteiger partial charge in [-0.3, -0.25) is 4.98 Å². The lowest BCUT2D eigenvalue weighted by molar-refractivity contribution is 0.494. The molecule has 2 N–H and O–H groups in total. The van der Waals surface area contributed by atoms with E-state index < -0.39 is 23.5 Å². The summed E-state index contributed by atoms with van der Waals surface area (Å²) in [5, 5.41) is 0. The molecule has 0 aliphatic carbocycles. The van der Waals surface area contributed by atoms with Crippen molar-refractivity contribution in [2.24, 2.45) is 5.73 Å². The van der Waals surface area contributed by atoms with E-state index in [9.17, 15) is 13.2 Å². The highest BCUT2D eigenvalue weighted by atomic mass is 19.2. The van der Waals surface area contributed by atoms with E-state index in [4.69, 9.17) is 5.73 Å². The summed E-state index contributed by atoms with van der Waals surface area (Å²) in [5.74, 6) is -2.58. The highest BCUT2D eigenvalue weighted by molar-refractivity contribution is 5.31. The fourth-order valence-electron chi connectivity index (χ4n) is 1.54. The monoisotopic (exact) mass is 238 g/mol. The SMILES string of the molecule is NC(c1cncc(F)c1)c1cccc(F)c1F. The quantitative estimate of drug-likeness (QED) is 0.873. The van der Waals surface area contributed by atoms with Crippen LogP contribution < -0.4 is 5.73 Å². The summed E-state index contributed by atoms with van der Waals surface area (Å²) in [5.41, 5.74) is 6.00. The Morgan fingerprint density at radius 2 is 1.88 bits per heavy atom. The number of benzene rings is 1. The molecule has 0 aliphatic heterocycles. The highest BCUT2D eigenvalue weighted by Gasteiger charge is 2.16. The number of hydrogen-bond acceptors (Lipinski definition) is 2. The fourth-order valence-corrected chi connectivity index (χ4v) is 1.54.